The molecule has 0 bridgehead atoms. The first-order chi connectivity index (χ1) is 17.1. The van der Waals surface area contributed by atoms with Gasteiger partial charge in [-0.2, -0.15) is 0 Å². The van der Waals surface area contributed by atoms with Crippen LogP contribution in [0.2, 0.25) is 0 Å². The number of amides is 1. The number of nitrogens with zero attached hydrogens (tertiary/aromatic N) is 2. The van der Waals surface area contributed by atoms with Crippen LogP contribution in [0, 0.1) is 6.92 Å². The quantitative estimate of drug-likeness (QED) is 0.325. The molecule has 35 heavy (non-hydrogen) atoms. The van der Waals surface area contributed by atoms with E-state index < -0.39 is 18.5 Å². The number of hydrogen-bond donors (Lipinski definition) is 1. The van der Waals surface area contributed by atoms with Gasteiger partial charge in [0.1, 0.15) is 5.82 Å². The minimum Gasteiger partial charge on any atom is -0.452 e. The molecule has 172 valence electrons. The lowest BCUT2D eigenvalue weighted by molar-refractivity contribution is -0.119. The number of imidazole rings is 1. The van der Waals surface area contributed by atoms with Crippen molar-refractivity contribution in [3.8, 4) is 16.8 Å². The van der Waals surface area contributed by atoms with E-state index in [0.717, 1.165) is 28.2 Å². The number of nitrogens with one attached hydrogen (secondary N) is 1. The highest BCUT2D eigenvalue weighted by molar-refractivity contribution is 5.99. The number of para-hydroxylation sites is 2. The highest BCUT2D eigenvalue weighted by Gasteiger charge is 2.15. The monoisotopic (exact) mass is 461 g/mol. The third kappa shape index (κ3) is 4.68. The van der Waals surface area contributed by atoms with E-state index in [1.165, 1.54) is 0 Å². The maximum Gasteiger partial charge on any atom is 0.338 e. The second-order valence-corrected chi connectivity index (χ2v) is 8.07. The topological polar surface area (TPSA) is 73.2 Å². The summed E-state index contributed by atoms with van der Waals surface area (Å²) in [6.45, 7) is 1.53. The summed E-state index contributed by atoms with van der Waals surface area (Å²) in [4.78, 5) is 29.8. The fraction of sp³-hybridized carbons (Fsp3) is 0.0690. The summed E-state index contributed by atoms with van der Waals surface area (Å²) in [6, 6.07) is 32.4. The lowest BCUT2D eigenvalue weighted by Crippen LogP contribution is -2.21. The molecule has 4 aromatic carbocycles. The molecule has 0 aliphatic heterocycles. The molecule has 0 aliphatic carbocycles. The Hall–Kier alpha value is -4.71. The average Bonchev–Trinajstić information content (AvgIpc) is 3.23. The van der Waals surface area contributed by atoms with Gasteiger partial charge < -0.3 is 10.1 Å². The molecule has 1 amide bonds. The Morgan fingerprint density at radius 3 is 2.31 bits per heavy atom. The van der Waals surface area contributed by atoms with Crippen molar-refractivity contribution in [3.05, 3.63) is 115 Å². The van der Waals surface area contributed by atoms with Crippen molar-refractivity contribution in [1.29, 1.82) is 0 Å². The van der Waals surface area contributed by atoms with Crippen LogP contribution in [0.5, 0.6) is 0 Å². The van der Waals surface area contributed by atoms with Crippen LogP contribution < -0.4 is 5.32 Å². The van der Waals surface area contributed by atoms with Crippen molar-refractivity contribution in [1.82, 2.24) is 9.55 Å². The summed E-state index contributed by atoms with van der Waals surface area (Å²) in [7, 11) is 0. The summed E-state index contributed by atoms with van der Waals surface area (Å²) in [6.07, 6.45) is 0. The molecule has 0 saturated heterocycles. The smallest absolute Gasteiger partial charge is 0.338 e. The number of aromatic nitrogens is 2. The van der Waals surface area contributed by atoms with E-state index >= 15 is 0 Å². The number of hydrogen-bond acceptors (Lipinski definition) is 4. The van der Waals surface area contributed by atoms with E-state index in [9.17, 15) is 9.59 Å². The Morgan fingerprint density at radius 1 is 0.857 bits per heavy atom. The van der Waals surface area contributed by atoms with E-state index in [2.05, 4.69) is 10.3 Å². The van der Waals surface area contributed by atoms with E-state index in [-0.39, 0.29) is 0 Å². The lowest BCUT2D eigenvalue weighted by Gasteiger charge is -2.11. The van der Waals surface area contributed by atoms with Crippen LogP contribution >= 0.6 is 0 Å². The molecule has 1 aromatic heterocycles. The largest absolute Gasteiger partial charge is 0.452 e. The SMILES string of the molecule is Cc1nc2cc(C(=O)OCC(=O)Nc3ccccc3-c3ccccc3)ccc2n1-c1ccccc1. The van der Waals surface area contributed by atoms with Crippen LogP contribution in [0.25, 0.3) is 27.8 Å². The first-order valence-corrected chi connectivity index (χ1v) is 11.3. The third-order valence-corrected chi connectivity index (χ3v) is 5.69. The average molecular weight is 462 g/mol. The maximum atomic E-state index is 12.7. The number of benzene rings is 4. The standard InChI is InChI=1S/C29H23N3O3/c1-20-30-26-18-22(16-17-27(26)32(20)23-12-6-3-7-13-23)29(34)35-19-28(33)31-25-15-9-8-14-24(25)21-10-4-2-5-11-21/h2-18H,19H2,1H3,(H,31,33). The third-order valence-electron chi connectivity index (χ3n) is 5.69. The minimum absolute atomic E-state index is 0.340. The Morgan fingerprint density at radius 2 is 1.54 bits per heavy atom. The second-order valence-electron chi connectivity index (χ2n) is 8.07. The molecule has 0 fully saturated rings. The van der Waals surface area contributed by atoms with Gasteiger partial charge in [-0.1, -0.05) is 66.7 Å². The van der Waals surface area contributed by atoms with Gasteiger partial charge in [0.2, 0.25) is 0 Å². The van der Waals surface area contributed by atoms with Gasteiger partial charge in [0, 0.05) is 16.9 Å². The van der Waals surface area contributed by atoms with Crippen molar-refractivity contribution in [2.75, 3.05) is 11.9 Å². The zero-order valence-corrected chi connectivity index (χ0v) is 19.1. The van der Waals surface area contributed by atoms with E-state index in [1.807, 2.05) is 102 Å². The molecule has 0 saturated carbocycles. The number of anilines is 1. The molecular weight excluding hydrogens is 438 g/mol. The van der Waals surface area contributed by atoms with Crippen molar-refractivity contribution in [2.24, 2.45) is 0 Å². The predicted octanol–water partition coefficient (Wildman–Crippen LogP) is 5.80. The molecule has 1 heterocycles. The fourth-order valence-corrected chi connectivity index (χ4v) is 4.09. The number of carbonyl (C=O) groups excluding carboxylic acids is 2. The van der Waals surface area contributed by atoms with Crippen molar-refractivity contribution in [3.63, 3.8) is 0 Å². The fourth-order valence-electron chi connectivity index (χ4n) is 4.09. The highest BCUT2D eigenvalue weighted by atomic mass is 16.5. The zero-order chi connectivity index (χ0) is 24.2. The van der Waals surface area contributed by atoms with Gasteiger partial charge in [-0.05, 0) is 48.9 Å². The van der Waals surface area contributed by atoms with Gasteiger partial charge in [-0.15, -0.1) is 0 Å². The normalized spacial score (nSPS) is 10.8. The van der Waals surface area contributed by atoms with Gasteiger partial charge in [0.15, 0.2) is 6.61 Å². The Balaban J connectivity index is 1.28. The van der Waals surface area contributed by atoms with Crippen molar-refractivity contribution < 1.29 is 14.3 Å². The second kappa shape index (κ2) is 9.65. The van der Waals surface area contributed by atoms with Crippen LogP contribution in [0.15, 0.2) is 103 Å². The zero-order valence-electron chi connectivity index (χ0n) is 19.1. The lowest BCUT2D eigenvalue weighted by atomic mass is 10.0. The molecule has 0 atom stereocenters. The van der Waals surface area contributed by atoms with E-state index in [1.54, 1.807) is 12.1 Å². The first-order valence-electron chi connectivity index (χ1n) is 11.3. The minimum atomic E-state index is -0.578. The molecule has 0 aliphatic rings. The Bertz CT molecular complexity index is 1510. The van der Waals surface area contributed by atoms with Gasteiger partial charge in [-0.3, -0.25) is 9.36 Å². The number of carbonyl (C=O) groups is 2. The van der Waals surface area contributed by atoms with E-state index in [0.29, 0.717) is 16.8 Å². The van der Waals surface area contributed by atoms with Gasteiger partial charge in [0.05, 0.1) is 16.6 Å². The van der Waals surface area contributed by atoms with E-state index in [4.69, 9.17) is 4.74 Å². The number of rotatable bonds is 6. The van der Waals surface area contributed by atoms with Crippen LogP contribution in [0.1, 0.15) is 16.2 Å². The molecule has 5 rings (SSSR count). The van der Waals surface area contributed by atoms with Crippen LogP contribution in [0.3, 0.4) is 0 Å². The molecule has 0 unspecified atom stereocenters. The first kappa shape index (κ1) is 22.1. The molecule has 5 aromatic rings. The molecule has 6 heteroatoms. The predicted molar refractivity (Wildman–Crippen MR) is 137 cm³/mol. The van der Waals surface area contributed by atoms with Gasteiger partial charge in [0.25, 0.3) is 5.91 Å². The molecule has 6 nitrogen and oxygen atoms in total. The van der Waals surface area contributed by atoms with Crippen molar-refractivity contribution in [2.45, 2.75) is 6.92 Å². The Kier molecular flexibility index (Phi) is 6.09. The molecule has 1 N–H and O–H groups in total. The number of ether oxygens (including phenoxy) is 1. The van der Waals surface area contributed by atoms with Crippen LogP contribution in [-0.4, -0.2) is 28.0 Å². The number of aryl methyl sites for hydroxylation is 1. The molecule has 0 spiro atoms. The summed E-state index contributed by atoms with van der Waals surface area (Å²) in [5, 5.41) is 2.84. The van der Waals surface area contributed by atoms with Crippen LogP contribution in [0.4, 0.5) is 5.69 Å². The molecule has 0 radical (unpaired) electrons. The summed E-state index contributed by atoms with van der Waals surface area (Å²) >= 11 is 0. The Labute approximate surface area is 202 Å². The van der Waals surface area contributed by atoms with Crippen LogP contribution in [-0.2, 0) is 9.53 Å². The summed E-state index contributed by atoms with van der Waals surface area (Å²) in [5.74, 6) is -0.175. The maximum absolute atomic E-state index is 12.7. The van der Waals surface area contributed by atoms with Gasteiger partial charge in [-0.25, -0.2) is 9.78 Å². The number of fused-ring (bicyclic) bond motifs is 1. The summed E-state index contributed by atoms with van der Waals surface area (Å²) in [5.41, 5.74) is 5.44. The number of esters is 1. The van der Waals surface area contributed by atoms with Crippen molar-refractivity contribution >= 4 is 28.6 Å². The van der Waals surface area contributed by atoms with Gasteiger partial charge >= 0.3 is 5.97 Å². The summed E-state index contributed by atoms with van der Waals surface area (Å²) < 4.78 is 7.32. The highest BCUT2D eigenvalue weighted by Crippen LogP contribution is 2.27. The molecular formula is C29H23N3O3.